The Morgan fingerprint density at radius 2 is 2.04 bits per heavy atom. The van der Waals surface area contributed by atoms with Crippen LogP contribution in [0.2, 0.25) is 0 Å². The fourth-order valence-electron chi connectivity index (χ4n) is 3.51. The van der Waals surface area contributed by atoms with Gasteiger partial charge in [-0.25, -0.2) is 0 Å². The molecule has 28 heavy (non-hydrogen) atoms. The number of amides is 1. The highest BCUT2D eigenvalue weighted by Gasteiger charge is 2.34. The van der Waals surface area contributed by atoms with Crippen molar-refractivity contribution in [2.75, 3.05) is 13.2 Å². The van der Waals surface area contributed by atoms with Crippen molar-refractivity contribution in [3.05, 3.63) is 65.5 Å². The maximum Gasteiger partial charge on any atom is 0.232 e. The van der Waals surface area contributed by atoms with Crippen LogP contribution in [0.25, 0.3) is 11.4 Å². The smallest absolute Gasteiger partial charge is 0.232 e. The number of aromatic nitrogens is 2. The predicted molar refractivity (Wildman–Crippen MR) is 105 cm³/mol. The first kappa shape index (κ1) is 18.2. The summed E-state index contributed by atoms with van der Waals surface area (Å²) in [4.78, 5) is 18.8. The van der Waals surface area contributed by atoms with E-state index in [1.165, 1.54) is 5.56 Å². The molecule has 6 heteroatoms. The summed E-state index contributed by atoms with van der Waals surface area (Å²) in [6, 6.07) is 15.8. The molecule has 2 heterocycles. The van der Waals surface area contributed by atoms with Gasteiger partial charge in [0, 0.05) is 25.1 Å². The summed E-state index contributed by atoms with van der Waals surface area (Å²) in [6.45, 7) is 5.83. The van der Waals surface area contributed by atoms with Gasteiger partial charge in [0.2, 0.25) is 17.6 Å². The second-order valence-corrected chi connectivity index (χ2v) is 7.08. The van der Waals surface area contributed by atoms with E-state index in [0.717, 1.165) is 16.9 Å². The molecule has 0 bridgehead atoms. The van der Waals surface area contributed by atoms with E-state index in [9.17, 15) is 4.79 Å². The molecule has 1 unspecified atom stereocenters. The van der Waals surface area contributed by atoms with Gasteiger partial charge >= 0.3 is 0 Å². The Hall–Kier alpha value is -3.15. The number of hydrogen-bond acceptors (Lipinski definition) is 5. The van der Waals surface area contributed by atoms with Crippen LogP contribution in [0, 0.1) is 6.92 Å². The Labute approximate surface area is 164 Å². The minimum atomic E-state index is -0.0683. The van der Waals surface area contributed by atoms with Crippen molar-refractivity contribution in [1.82, 2.24) is 15.0 Å². The molecule has 1 aromatic heterocycles. The lowest BCUT2D eigenvalue weighted by molar-refractivity contribution is -0.128. The molecule has 0 saturated carbocycles. The number of likely N-dealkylation sites (tertiary alicyclic amines) is 1. The summed E-state index contributed by atoms with van der Waals surface area (Å²) in [5.41, 5.74) is 3.19. The minimum absolute atomic E-state index is 0.0683. The van der Waals surface area contributed by atoms with Crippen LogP contribution in [0.3, 0.4) is 0 Å². The molecule has 4 rings (SSSR count). The van der Waals surface area contributed by atoms with E-state index in [0.29, 0.717) is 37.8 Å². The van der Waals surface area contributed by atoms with E-state index < -0.39 is 0 Å². The van der Waals surface area contributed by atoms with Crippen molar-refractivity contribution < 1.29 is 14.1 Å². The zero-order valence-corrected chi connectivity index (χ0v) is 16.1. The number of carbonyl (C=O) groups is 1. The summed E-state index contributed by atoms with van der Waals surface area (Å²) in [5, 5.41) is 4.10. The Morgan fingerprint density at radius 1 is 1.21 bits per heavy atom. The monoisotopic (exact) mass is 377 g/mol. The predicted octanol–water partition coefficient (Wildman–Crippen LogP) is 3.96. The molecule has 1 aliphatic heterocycles. The van der Waals surface area contributed by atoms with Crippen LogP contribution in [0.1, 0.15) is 36.3 Å². The molecule has 3 aromatic rings. The molecule has 0 N–H and O–H groups in total. The maximum atomic E-state index is 12.4. The standard InChI is InChI=1S/C22H23N3O3/c1-3-27-19-9-7-17(8-10-19)21-23-22(28-24-21)18-12-20(26)25(14-18)13-16-6-4-5-15(2)11-16/h4-11,18H,3,12-14H2,1-2H3. The van der Waals surface area contributed by atoms with Crippen LogP contribution in [0.4, 0.5) is 0 Å². The molecule has 2 aromatic carbocycles. The third-order valence-corrected chi connectivity index (χ3v) is 4.88. The Bertz CT molecular complexity index is 965. The summed E-state index contributed by atoms with van der Waals surface area (Å²) < 4.78 is 10.9. The molecule has 1 saturated heterocycles. The topological polar surface area (TPSA) is 68.5 Å². The van der Waals surface area contributed by atoms with Gasteiger partial charge in [0.1, 0.15) is 5.75 Å². The average Bonchev–Trinajstić information content (AvgIpc) is 3.30. The van der Waals surface area contributed by atoms with Crippen molar-refractivity contribution in [3.8, 4) is 17.1 Å². The lowest BCUT2D eigenvalue weighted by Crippen LogP contribution is -2.24. The van der Waals surface area contributed by atoms with Crippen molar-refractivity contribution in [2.24, 2.45) is 0 Å². The first-order valence-corrected chi connectivity index (χ1v) is 9.52. The van der Waals surface area contributed by atoms with Gasteiger partial charge in [0.05, 0.1) is 12.5 Å². The lowest BCUT2D eigenvalue weighted by Gasteiger charge is -2.16. The lowest BCUT2D eigenvalue weighted by atomic mass is 10.1. The molecule has 1 atom stereocenters. The number of hydrogen-bond donors (Lipinski definition) is 0. The van der Waals surface area contributed by atoms with Crippen LogP contribution in [0.5, 0.6) is 5.75 Å². The summed E-state index contributed by atoms with van der Waals surface area (Å²) >= 11 is 0. The van der Waals surface area contributed by atoms with E-state index in [-0.39, 0.29) is 11.8 Å². The quantitative estimate of drug-likeness (QED) is 0.650. The van der Waals surface area contributed by atoms with Crippen molar-refractivity contribution in [1.29, 1.82) is 0 Å². The first-order valence-electron chi connectivity index (χ1n) is 9.52. The normalized spacial score (nSPS) is 16.6. The second kappa shape index (κ2) is 7.84. The number of ether oxygens (including phenoxy) is 1. The number of nitrogens with zero attached hydrogens (tertiary/aromatic N) is 3. The third kappa shape index (κ3) is 3.91. The number of aryl methyl sites for hydroxylation is 1. The zero-order valence-electron chi connectivity index (χ0n) is 16.1. The SMILES string of the molecule is CCOc1ccc(-c2noc(C3CC(=O)N(Cc4cccc(C)c4)C3)n2)cc1. The molecular weight excluding hydrogens is 354 g/mol. The highest BCUT2D eigenvalue weighted by Crippen LogP contribution is 2.30. The van der Waals surface area contributed by atoms with Crippen molar-refractivity contribution in [2.45, 2.75) is 32.7 Å². The van der Waals surface area contributed by atoms with Gasteiger partial charge in [-0.3, -0.25) is 4.79 Å². The molecule has 1 fully saturated rings. The van der Waals surface area contributed by atoms with E-state index in [1.807, 2.05) is 48.2 Å². The fourth-order valence-corrected chi connectivity index (χ4v) is 3.51. The molecule has 0 spiro atoms. The minimum Gasteiger partial charge on any atom is -0.494 e. The molecule has 0 radical (unpaired) electrons. The van der Waals surface area contributed by atoms with E-state index in [2.05, 4.69) is 29.2 Å². The summed E-state index contributed by atoms with van der Waals surface area (Å²) in [6.07, 6.45) is 0.400. The Balaban J connectivity index is 1.44. The van der Waals surface area contributed by atoms with Gasteiger partial charge in [-0.15, -0.1) is 0 Å². The summed E-state index contributed by atoms with van der Waals surface area (Å²) in [7, 11) is 0. The van der Waals surface area contributed by atoms with Crippen LogP contribution in [0.15, 0.2) is 53.1 Å². The highest BCUT2D eigenvalue weighted by atomic mass is 16.5. The van der Waals surface area contributed by atoms with E-state index in [4.69, 9.17) is 9.26 Å². The van der Waals surface area contributed by atoms with Gasteiger partial charge in [-0.2, -0.15) is 4.98 Å². The fraction of sp³-hybridized carbons (Fsp3) is 0.318. The van der Waals surface area contributed by atoms with Crippen LogP contribution < -0.4 is 4.74 Å². The van der Waals surface area contributed by atoms with E-state index in [1.54, 1.807) is 0 Å². The highest BCUT2D eigenvalue weighted by molar-refractivity contribution is 5.79. The Morgan fingerprint density at radius 3 is 2.79 bits per heavy atom. The maximum absolute atomic E-state index is 12.4. The van der Waals surface area contributed by atoms with Crippen LogP contribution in [-0.4, -0.2) is 34.1 Å². The molecule has 6 nitrogen and oxygen atoms in total. The molecule has 1 aliphatic rings. The number of carbonyl (C=O) groups excluding carboxylic acids is 1. The zero-order chi connectivity index (χ0) is 19.5. The number of rotatable bonds is 6. The van der Waals surface area contributed by atoms with Gasteiger partial charge in [0.15, 0.2) is 0 Å². The Kier molecular flexibility index (Phi) is 5.10. The average molecular weight is 377 g/mol. The van der Waals surface area contributed by atoms with E-state index >= 15 is 0 Å². The molecule has 144 valence electrons. The number of benzene rings is 2. The van der Waals surface area contributed by atoms with Gasteiger partial charge < -0.3 is 14.2 Å². The van der Waals surface area contributed by atoms with Crippen molar-refractivity contribution >= 4 is 5.91 Å². The van der Waals surface area contributed by atoms with Gasteiger partial charge in [0.25, 0.3) is 0 Å². The first-order chi connectivity index (χ1) is 13.6. The van der Waals surface area contributed by atoms with Crippen LogP contribution in [-0.2, 0) is 11.3 Å². The largest absolute Gasteiger partial charge is 0.494 e. The van der Waals surface area contributed by atoms with Crippen molar-refractivity contribution in [3.63, 3.8) is 0 Å². The second-order valence-electron chi connectivity index (χ2n) is 7.08. The third-order valence-electron chi connectivity index (χ3n) is 4.88. The molecule has 1 amide bonds. The van der Waals surface area contributed by atoms with Gasteiger partial charge in [-0.1, -0.05) is 35.0 Å². The molecule has 0 aliphatic carbocycles. The van der Waals surface area contributed by atoms with Gasteiger partial charge in [-0.05, 0) is 43.7 Å². The van der Waals surface area contributed by atoms with Crippen LogP contribution >= 0.6 is 0 Å². The molecular formula is C22H23N3O3. The summed E-state index contributed by atoms with van der Waals surface area (Å²) in [5.74, 6) is 1.91.